The minimum atomic E-state index is -4.59. The zero-order valence-corrected chi connectivity index (χ0v) is 14.9. The quantitative estimate of drug-likeness (QED) is 0.755. The smallest absolute Gasteiger partial charge is 0.435 e. The summed E-state index contributed by atoms with van der Waals surface area (Å²) >= 11 is 0. The number of alkyl halides is 3. The molecule has 10 heteroatoms. The van der Waals surface area contributed by atoms with Crippen molar-refractivity contribution in [1.82, 2.24) is 15.1 Å². The summed E-state index contributed by atoms with van der Waals surface area (Å²) in [4.78, 5) is 28.0. The van der Waals surface area contributed by atoms with Crippen LogP contribution in [0, 0.1) is 0 Å². The number of nitrogens with one attached hydrogen (secondary N) is 1. The van der Waals surface area contributed by atoms with Gasteiger partial charge in [0.1, 0.15) is 5.92 Å². The van der Waals surface area contributed by atoms with E-state index in [0.29, 0.717) is 16.9 Å². The largest absolute Gasteiger partial charge is 0.468 e. The van der Waals surface area contributed by atoms with Gasteiger partial charge in [-0.05, 0) is 11.6 Å². The van der Waals surface area contributed by atoms with E-state index >= 15 is 0 Å². The Balaban J connectivity index is 1.61. The van der Waals surface area contributed by atoms with E-state index in [9.17, 15) is 22.8 Å². The lowest BCUT2D eigenvalue weighted by Crippen LogP contribution is -2.45. The van der Waals surface area contributed by atoms with Crippen molar-refractivity contribution < 1.29 is 27.5 Å². The molecule has 1 aromatic heterocycles. The van der Waals surface area contributed by atoms with Gasteiger partial charge in [0.15, 0.2) is 5.69 Å². The van der Waals surface area contributed by atoms with Crippen LogP contribution < -0.4 is 4.90 Å². The molecule has 0 aliphatic carbocycles. The lowest BCUT2D eigenvalue weighted by molar-refractivity contribution is -0.142. The molecule has 2 aromatic rings. The number of hydrogen-bond donors (Lipinski definition) is 1. The molecular formula is C18H17F3N4O3. The summed E-state index contributed by atoms with van der Waals surface area (Å²) in [5.41, 5.74) is 0.626. The predicted octanol–water partition coefficient (Wildman–Crippen LogP) is 2.68. The molecule has 2 amide bonds. The maximum atomic E-state index is 13.2. The Morgan fingerprint density at radius 2 is 2.04 bits per heavy atom. The van der Waals surface area contributed by atoms with E-state index in [2.05, 4.69) is 10.2 Å². The van der Waals surface area contributed by atoms with Crippen molar-refractivity contribution in [2.45, 2.75) is 25.1 Å². The molecule has 1 unspecified atom stereocenters. The third-order valence-corrected chi connectivity index (χ3v) is 5.16. The number of H-pyrrole nitrogens is 1. The van der Waals surface area contributed by atoms with Crippen LogP contribution in [-0.2, 0) is 28.7 Å². The molecule has 0 saturated carbocycles. The highest BCUT2D eigenvalue weighted by Gasteiger charge is 2.42. The summed E-state index contributed by atoms with van der Waals surface area (Å²) in [6, 6.07) is 6.52. The van der Waals surface area contributed by atoms with Gasteiger partial charge in [-0.2, -0.15) is 18.3 Å². The molecule has 2 aliphatic heterocycles. The number of hydrogen-bond acceptors (Lipinski definition) is 4. The summed E-state index contributed by atoms with van der Waals surface area (Å²) in [5.74, 6) is -1.08. The highest BCUT2D eigenvalue weighted by Crippen LogP contribution is 2.39. The number of urea groups is 1. The second-order valence-electron chi connectivity index (χ2n) is 6.73. The monoisotopic (exact) mass is 394 g/mol. The average molecular weight is 394 g/mol. The number of anilines is 1. The molecule has 7 nitrogen and oxygen atoms in total. The fraction of sp³-hybridized carbons (Fsp3) is 0.389. The lowest BCUT2D eigenvalue weighted by Gasteiger charge is -2.31. The van der Waals surface area contributed by atoms with Gasteiger partial charge in [0.05, 0.1) is 13.7 Å². The van der Waals surface area contributed by atoms with Crippen molar-refractivity contribution >= 4 is 17.7 Å². The second kappa shape index (κ2) is 6.54. The number of ether oxygens (including phenoxy) is 1. The molecule has 148 valence electrons. The van der Waals surface area contributed by atoms with Crippen LogP contribution in [0.15, 0.2) is 24.3 Å². The number of methoxy groups -OCH3 is 1. The van der Waals surface area contributed by atoms with E-state index in [-0.39, 0.29) is 31.6 Å². The number of halogens is 3. The number of carbonyl (C=O) groups excluding carboxylic acids is 2. The van der Waals surface area contributed by atoms with Gasteiger partial charge in [-0.25, -0.2) is 4.79 Å². The van der Waals surface area contributed by atoms with Crippen molar-refractivity contribution in [1.29, 1.82) is 0 Å². The van der Waals surface area contributed by atoms with Crippen LogP contribution in [0.5, 0.6) is 0 Å². The summed E-state index contributed by atoms with van der Waals surface area (Å²) in [5, 5.41) is 5.80. The highest BCUT2D eigenvalue weighted by molar-refractivity contribution is 5.98. The fourth-order valence-corrected chi connectivity index (χ4v) is 3.80. The first-order valence-electron chi connectivity index (χ1n) is 8.67. The van der Waals surface area contributed by atoms with Gasteiger partial charge in [0.2, 0.25) is 0 Å². The Morgan fingerprint density at radius 3 is 2.75 bits per heavy atom. The number of fused-ring (bicyclic) bond motifs is 2. The van der Waals surface area contributed by atoms with Crippen LogP contribution in [0.3, 0.4) is 0 Å². The van der Waals surface area contributed by atoms with Crippen LogP contribution in [-0.4, -0.2) is 47.3 Å². The molecule has 0 spiro atoms. The summed E-state index contributed by atoms with van der Waals surface area (Å²) in [7, 11) is 1.28. The van der Waals surface area contributed by atoms with Gasteiger partial charge in [-0.15, -0.1) is 0 Å². The van der Waals surface area contributed by atoms with E-state index in [1.165, 1.54) is 16.9 Å². The van der Waals surface area contributed by atoms with Gasteiger partial charge in [0.25, 0.3) is 0 Å². The SMILES string of the molecule is COC(=O)C1CN(C(=O)N2CCc3[nH]nc(C(F)(F)F)c3C2)c2ccccc21. The number of esters is 1. The Hall–Kier alpha value is -3.04. The van der Waals surface area contributed by atoms with E-state index < -0.39 is 29.8 Å². The molecule has 0 radical (unpaired) electrons. The summed E-state index contributed by atoms with van der Waals surface area (Å²) in [6.45, 7) is 0.152. The molecule has 0 fully saturated rings. The minimum Gasteiger partial charge on any atom is -0.468 e. The molecule has 0 bridgehead atoms. The fourth-order valence-electron chi connectivity index (χ4n) is 3.80. The topological polar surface area (TPSA) is 78.5 Å². The van der Waals surface area contributed by atoms with Crippen LogP contribution in [0.1, 0.15) is 28.4 Å². The molecule has 1 aromatic carbocycles. The van der Waals surface area contributed by atoms with Crippen LogP contribution in [0.25, 0.3) is 0 Å². The third-order valence-electron chi connectivity index (χ3n) is 5.16. The number of amides is 2. The number of aromatic amines is 1. The molecule has 1 atom stereocenters. The van der Waals surface area contributed by atoms with Gasteiger partial charge in [-0.3, -0.25) is 14.8 Å². The maximum absolute atomic E-state index is 13.2. The average Bonchev–Trinajstić information content (AvgIpc) is 3.28. The van der Waals surface area contributed by atoms with Crippen LogP contribution in [0.2, 0.25) is 0 Å². The number of carbonyl (C=O) groups is 2. The Kier molecular flexibility index (Phi) is 4.28. The lowest BCUT2D eigenvalue weighted by atomic mass is 10.0. The van der Waals surface area contributed by atoms with E-state index in [1.807, 2.05) is 0 Å². The van der Waals surface area contributed by atoms with Crippen molar-refractivity contribution in [2.24, 2.45) is 0 Å². The van der Waals surface area contributed by atoms with Crippen LogP contribution >= 0.6 is 0 Å². The molecule has 1 N–H and O–H groups in total. The first-order chi connectivity index (χ1) is 13.3. The molecular weight excluding hydrogens is 377 g/mol. The van der Waals surface area contributed by atoms with Crippen LogP contribution in [0.4, 0.5) is 23.7 Å². The molecule has 0 saturated heterocycles. The third kappa shape index (κ3) is 2.88. The number of aromatic nitrogens is 2. The normalized spacial score (nSPS) is 18.6. The van der Waals surface area contributed by atoms with E-state index in [4.69, 9.17) is 4.74 Å². The number of para-hydroxylation sites is 1. The molecule has 2 aliphatic rings. The van der Waals surface area contributed by atoms with Gasteiger partial charge < -0.3 is 9.64 Å². The van der Waals surface area contributed by atoms with Crippen molar-refractivity contribution in [3.63, 3.8) is 0 Å². The number of nitrogens with zero attached hydrogens (tertiary/aromatic N) is 3. The maximum Gasteiger partial charge on any atom is 0.435 e. The zero-order valence-electron chi connectivity index (χ0n) is 14.9. The molecule has 4 rings (SSSR count). The van der Waals surface area contributed by atoms with Gasteiger partial charge in [-0.1, -0.05) is 18.2 Å². The minimum absolute atomic E-state index is 0.0101. The Labute approximate surface area is 158 Å². The zero-order chi connectivity index (χ0) is 20.1. The standard InChI is InChI=1S/C18H17F3N4O3/c1-28-16(26)11-9-25(14-5-3-2-4-10(11)14)17(27)24-7-6-13-12(8-24)15(23-22-13)18(19,20)21/h2-5,11H,6-9H2,1H3,(H,22,23). The van der Waals surface area contributed by atoms with Gasteiger partial charge in [0, 0.05) is 36.5 Å². The summed E-state index contributed by atoms with van der Waals surface area (Å²) in [6.07, 6.45) is -4.34. The first-order valence-corrected chi connectivity index (χ1v) is 8.67. The van der Waals surface area contributed by atoms with Crippen molar-refractivity contribution in [3.05, 3.63) is 46.8 Å². The Morgan fingerprint density at radius 1 is 1.29 bits per heavy atom. The number of rotatable bonds is 1. The second-order valence-corrected chi connectivity index (χ2v) is 6.73. The highest BCUT2D eigenvalue weighted by atomic mass is 19.4. The Bertz CT molecular complexity index is 940. The summed E-state index contributed by atoms with van der Waals surface area (Å²) < 4.78 is 44.3. The molecule has 28 heavy (non-hydrogen) atoms. The number of benzene rings is 1. The first kappa shape index (κ1) is 18.3. The van der Waals surface area contributed by atoms with Gasteiger partial charge >= 0.3 is 18.2 Å². The predicted molar refractivity (Wildman–Crippen MR) is 91.6 cm³/mol. The van der Waals surface area contributed by atoms with E-state index in [1.54, 1.807) is 24.3 Å². The van der Waals surface area contributed by atoms with E-state index in [0.717, 1.165) is 0 Å². The molecule has 3 heterocycles. The van der Waals surface area contributed by atoms with Crippen molar-refractivity contribution in [3.8, 4) is 0 Å². The van der Waals surface area contributed by atoms with Crippen molar-refractivity contribution in [2.75, 3.05) is 25.1 Å².